The van der Waals surface area contributed by atoms with Crippen LogP contribution in [0.4, 0.5) is 0 Å². The minimum Gasteiger partial charge on any atom is -0.368 e. The van der Waals surface area contributed by atoms with Crippen molar-refractivity contribution < 1.29 is 4.79 Å². The normalized spacial score (nSPS) is 18.4. The predicted octanol–water partition coefficient (Wildman–Crippen LogP) is 0.572. The molecular formula is C12H25N3O. The van der Waals surface area contributed by atoms with Crippen LogP contribution in [0.3, 0.4) is 0 Å². The zero-order chi connectivity index (χ0) is 12.0. The third-order valence-electron chi connectivity index (χ3n) is 3.39. The van der Waals surface area contributed by atoms with E-state index in [1.165, 1.54) is 19.3 Å². The highest BCUT2D eigenvalue weighted by molar-refractivity contribution is 5.79. The standard InChI is InChI=1S/C12H25N3O/c1-3-14-11(12(13)16)7-8-15(2)9-10-5-4-6-10/h10-11,14H,3-9H2,1-2H3,(H2,13,16). The average molecular weight is 227 g/mol. The molecule has 1 aliphatic rings. The topological polar surface area (TPSA) is 58.4 Å². The Morgan fingerprint density at radius 2 is 2.25 bits per heavy atom. The molecule has 1 fully saturated rings. The summed E-state index contributed by atoms with van der Waals surface area (Å²) in [4.78, 5) is 13.4. The third kappa shape index (κ3) is 4.49. The molecule has 4 nitrogen and oxygen atoms in total. The first kappa shape index (κ1) is 13.5. The van der Waals surface area contributed by atoms with Crippen molar-refractivity contribution in [2.24, 2.45) is 11.7 Å². The van der Waals surface area contributed by atoms with Gasteiger partial charge in [-0.2, -0.15) is 0 Å². The van der Waals surface area contributed by atoms with E-state index in [2.05, 4.69) is 17.3 Å². The zero-order valence-electron chi connectivity index (χ0n) is 10.5. The molecule has 3 N–H and O–H groups in total. The first-order valence-corrected chi connectivity index (χ1v) is 6.34. The fourth-order valence-corrected chi connectivity index (χ4v) is 2.15. The van der Waals surface area contributed by atoms with E-state index in [9.17, 15) is 4.79 Å². The summed E-state index contributed by atoms with van der Waals surface area (Å²) in [5, 5.41) is 3.12. The molecule has 94 valence electrons. The molecule has 0 aromatic carbocycles. The Bertz CT molecular complexity index is 216. The first-order valence-electron chi connectivity index (χ1n) is 6.34. The van der Waals surface area contributed by atoms with E-state index >= 15 is 0 Å². The highest BCUT2D eigenvalue weighted by Crippen LogP contribution is 2.26. The van der Waals surface area contributed by atoms with Gasteiger partial charge in [0, 0.05) is 6.54 Å². The molecule has 0 aromatic rings. The molecule has 1 aliphatic carbocycles. The van der Waals surface area contributed by atoms with E-state index in [-0.39, 0.29) is 11.9 Å². The van der Waals surface area contributed by atoms with Crippen LogP contribution in [0.5, 0.6) is 0 Å². The van der Waals surface area contributed by atoms with Gasteiger partial charge >= 0.3 is 0 Å². The number of rotatable bonds is 8. The lowest BCUT2D eigenvalue weighted by molar-refractivity contribution is -0.120. The lowest BCUT2D eigenvalue weighted by atomic mass is 9.85. The number of nitrogens with two attached hydrogens (primary N) is 1. The lowest BCUT2D eigenvalue weighted by Gasteiger charge is -2.30. The predicted molar refractivity (Wildman–Crippen MR) is 66.1 cm³/mol. The van der Waals surface area contributed by atoms with Crippen molar-refractivity contribution in [2.45, 2.75) is 38.6 Å². The van der Waals surface area contributed by atoms with Crippen molar-refractivity contribution in [1.29, 1.82) is 0 Å². The fourth-order valence-electron chi connectivity index (χ4n) is 2.15. The quantitative estimate of drug-likeness (QED) is 0.637. The number of hydrogen-bond acceptors (Lipinski definition) is 3. The summed E-state index contributed by atoms with van der Waals surface area (Å²) >= 11 is 0. The van der Waals surface area contributed by atoms with E-state index in [4.69, 9.17) is 5.73 Å². The SMILES string of the molecule is CCNC(CCN(C)CC1CCC1)C(N)=O. The average Bonchev–Trinajstić information content (AvgIpc) is 2.17. The van der Waals surface area contributed by atoms with Crippen molar-refractivity contribution in [2.75, 3.05) is 26.7 Å². The van der Waals surface area contributed by atoms with Gasteiger partial charge < -0.3 is 16.0 Å². The summed E-state index contributed by atoms with van der Waals surface area (Å²) in [6.45, 7) is 4.89. The number of nitrogens with one attached hydrogen (secondary N) is 1. The number of carbonyl (C=O) groups is 1. The second kappa shape index (κ2) is 6.86. The smallest absolute Gasteiger partial charge is 0.234 e. The summed E-state index contributed by atoms with van der Waals surface area (Å²) in [5.41, 5.74) is 5.33. The summed E-state index contributed by atoms with van der Waals surface area (Å²) < 4.78 is 0. The summed E-state index contributed by atoms with van der Waals surface area (Å²) in [6, 6.07) is -0.172. The van der Waals surface area contributed by atoms with Crippen molar-refractivity contribution in [3.05, 3.63) is 0 Å². The molecular weight excluding hydrogens is 202 g/mol. The molecule has 16 heavy (non-hydrogen) atoms. The Balaban J connectivity index is 2.16. The summed E-state index contributed by atoms with van der Waals surface area (Å²) in [6.07, 6.45) is 4.94. The Morgan fingerprint density at radius 1 is 1.56 bits per heavy atom. The maximum atomic E-state index is 11.1. The highest BCUT2D eigenvalue weighted by atomic mass is 16.1. The van der Waals surface area contributed by atoms with Crippen molar-refractivity contribution in [3.8, 4) is 0 Å². The van der Waals surface area contributed by atoms with Gasteiger partial charge in [0.25, 0.3) is 0 Å². The number of nitrogens with zero attached hydrogens (tertiary/aromatic N) is 1. The van der Waals surface area contributed by atoms with Gasteiger partial charge in [-0.25, -0.2) is 0 Å². The summed E-state index contributed by atoms with van der Waals surface area (Å²) in [7, 11) is 2.13. The van der Waals surface area contributed by atoms with Crippen LogP contribution in [-0.4, -0.2) is 43.5 Å². The molecule has 1 saturated carbocycles. The lowest BCUT2D eigenvalue weighted by Crippen LogP contribution is -2.43. The molecule has 1 unspecified atom stereocenters. The Kier molecular flexibility index (Phi) is 5.77. The maximum Gasteiger partial charge on any atom is 0.234 e. The van der Waals surface area contributed by atoms with Crippen LogP contribution in [0.2, 0.25) is 0 Å². The zero-order valence-corrected chi connectivity index (χ0v) is 10.5. The van der Waals surface area contributed by atoms with Crippen LogP contribution in [0.1, 0.15) is 32.6 Å². The van der Waals surface area contributed by atoms with Gasteiger partial charge in [-0.15, -0.1) is 0 Å². The van der Waals surface area contributed by atoms with E-state index < -0.39 is 0 Å². The number of likely N-dealkylation sites (N-methyl/N-ethyl adjacent to an activating group) is 1. The molecule has 4 heteroatoms. The fraction of sp³-hybridized carbons (Fsp3) is 0.917. The minimum absolute atomic E-state index is 0.172. The van der Waals surface area contributed by atoms with Gasteiger partial charge in [0.15, 0.2) is 0 Å². The molecule has 1 rings (SSSR count). The number of carbonyl (C=O) groups excluding carboxylic acids is 1. The Morgan fingerprint density at radius 3 is 2.69 bits per heavy atom. The first-order chi connectivity index (χ1) is 7.63. The monoisotopic (exact) mass is 227 g/mol. The second-order valence-electron chi connectivity index (χ2n) is 4.86. The van der Waals surface area contributed by atoms with Crippen molar-refractivity contribution >= 4 is 5.91 Å². The highest BCUT2D eigenvalue weighted by Gasteiger charge is 2.20. The van der Waals surface area contributed by atoms with Crippen LogP contribution < -0.4 is 11.1 Å². The molecule has 0 radical (unpaired) electrons. The molecule has 1 atom stereocenters. The van der Waals surface area contributed by atoms with Crippen LogP contribution in [-0.2, 0) is 4.79 Å². The van der Waals surface area contributed by atoms with Gasteiger partial charge in [-0.1, -0.05) is 13.3 Å². The van der Waals surface area contributed by atoms with Gasteiger partial charge in [0.05, 0.1) is 6.04 Å². The van der Waals surface area contributed by atoms with Crippen LogP contribution in [0, 0.1) is 5.92 Å². The largest absolute Gasteiger partial charge is 0.368 e. The molecule has 0 bridgehead atoms. The minimum atomic E-state index is -0.237. The van der Waals surface area contributed by atoms with E-state index in [0.717, 1.165) is 32.0 Å². The number of hydrogen-bond donors (Lipinski definition) is 2. The second-order valence-corrected chi connectivity index (χ2v) is 4.86. The number of amides is 1. The molecule has 0 saturated heterocycles. The Labute approximate surface area is 98.6 Å². The molecule has 0 aliphatic heterocycles. The van der Waals surface area contributed by atoms with Crippen molar-refractivity contribution in [3.63, 3.8) is 0 Å². The van der Waals surface area contributed by atoms with Crippen LogP contribution >= 0.6 is 0 Å². The van der Waals surface area contributed by atoms with Crippen molar-refractivity contribution in [1.82, 2.24) is 10.2 Å². The van der Waals surface area contributed by atoms with Gasteiger partial charge in [-0.05, 0) is 45.3 Å². The molecule has 1 amide bonds. The molecule has 0 heterocycles. The maximum absolute atomic E-state index is 11.1. The van der Waals surface area contributed by atoms with Gasteiger partial charge in [0.2, 0.25) is 5.91 Å². The van der Waals surface area contributed by atoms with Gasteiger partial charge in [0.1, 0.15) is 0 Å². The summed E-state index contributed by atoms with van der Waals surface area (Å²) in [5.74, 6) is 0.648. The van der Waals surface area contributed by atoms with E-state index in [1.54, 1.807) is 0 Å². The Hall–Kier alpha value is -0.610. The van der Waals surface area contributed by atoms with Crippen LogP contribution in [0.15, 0.2) is 0 Å². The number of primary amides is 1. The van der Waals surface area contributed by atoms with E-state index in [1.807, 2.05) is 6.92 Å². The van der Waals surface area contributed by atoms with Crippen LogP contribution in [0.25, 0.3) is 0 Å². The molecule has 0 spiro atoms. The van der Waals surface area contributed by atoms with E-state index in [0.29, 0.717) is 0 Å². The third-order valence-corrected chi connectivity index (χ3v) is 3.39. The molecule has 0 aromatic heterocycles. The van der Waals surface area contributed by atoms with Gasteiger partial charge in [-0.3, -0.25) is 4.79 Å².